The van der Waals surface area contributed by atoms with Crippen LogP contribution in [0.4, 0.5) is 23.3 Å². The average molecular weight is 1880 g/mol. The van der Waals surface area contributed by atoms with Gasteiger partial charge >= 0.3 is 0 Å². The number of nitrogens with one attached hydrogen (secondary N) is 2. The fourth-order valence-electron chi connectivity index (χ4n) is 22.2. The predicted molar refractivity (Wildman–Crippen MR) is 614 cm³/mol. The maximum Gasteiger partial charge on any atom is 0.232 e. The fourth-order valence-corrected chi connectivity index (χ4v) is 22.2. The van der Waals surface area contributed by atoms with Crippen molar-refractivity contribution in [3.8, 4) is 11.4 Å². The molecule has 0 bridgehead atoms. The van der Waals surface area contributed by atoms with E-state index >= 15 is 0 Å². The minimum atomic E-state index is 0.654. The van der Waals surface area contributed by atoms with Crippen molar-refractivity contribution < 1.29 is 0 Å². The molecule has 0 spiro atoms. The summed E-state index contributed by atoms with van der Waals surface area (Å²) >= 11 is 0. The molecular weight excluding hydrogens is 1640 g/mol. The largest absolute Gasteiger partial charge is 0.324 e. The highest BCUT2D eigenvalue weighted by Gasteiger charge is 2.19. The van der Waals surface area contributed by atoms with Gasteiger partial charge in [0.05, 0.1) is 0 Å². The lowest BCUT2D eigenvalue weighted by atomic mass is 9.89. The number of unbranched alkanes of at least 4 members (excludes halogenated alkanes) is 90. The zero-order valence-corrected chi connectivity index (χ0v) is 93.3. The molecule has 2 N–H and O–H groups in total. The van der Waals surface area contributed by atoms with E-state index < -0.39 is 0 Å². The highest BCUT2D eigenvalue weighted by molar-refractivity contribution is 5.66. The zero-order chi connectivity index (χ0) is 96.5. The molecule has 0 radical (unpaired) electrons. The molecule has 4 rings (SSSR count). The molecule has 0 saturated carbocycles. The zero-order valence-electron chi connectivity index (χ0n) is 93.3. The van der Waals surface area contributed by atoms with Gasteiger partial charge in [-0.1, -0.05) is 651 Å². The first-order chi connectivity index (χ1) is 67.5. The summed E-state index contributed by atoms with van der Waals surface area (Å²) in [5.74, 6) is 2.05. The van der Waals surface area contributed by atoms with Gasteiger partial charge in [0.25, 0.3) is 0 Å². The quantitative estimate of drug-likeness (QED) is 0.0431. The molecule has 786 valence electrons. The molecule has 4 aromatic rings. The highest BCUT2D eigenvalue weighted by Crippen LogP contribution is 2.35. The number of nitrogens with zero attached hydrogens (tertiary/aromatic N) is 3. The molecule has 1 aromatic heterocycles. The van der Waals surface area contributed by atoms with Gasteiger partial charge in [0, 0.05) is 16.9 Å². The van der Waals surface area contributed by atoms with Crippen LogP contribution in [0, 0.1) is 0 Å². The summed E-state index contributed by atoms with van der Waals surface area (Å²) in [6.45, 7) is 16.3. The van der Waals surface area contributed by atoms with Crippen molar-refractivity contribution in [3.63, 3.8) is 0 Å². The predicted octanol–water partition coefficient (Wildman–Crippen LogP) is 46.4. The molecule has 5 nitrogen and oxygen atoms in total. The van der Waals surface area contributed by atoms with Gasteiger partial charge in [-0.2, -0.15) is 15.0 Å². The van der Waals surface area contributed by atoms with Gasteiger partial charge in [0.15, 0.2) is 5.82 Å². The Balaban J connectivity index is 1.70. The number of rotatable bonds is 108. The van der Waals surface area contributed by atoms with Crippen LogP contribution in [0.3, 0.4) is 0 Å². The summed E-state index contributed by atoms with van der Waals surface area (Å²) in [7, 11) is 0. The van der Waals surface area contributed by atoms with E-state index in [1.165, 1.54) is 646 Å². The summed E-state index contributed by atoms with van der Waals surface area (Å²) in [5.41, 5.74) is 14.5. The van der Waals surface area contributed by atoms with Crippen LogP contribution >= 0.6 is 0 Å². The lowest BCUT2D eigenvalue weighted by molar-refractivity contribution is 0.527. The summed E-state index contributed by atoms with van der Waals surface area (Å²) in [6.07, 6.45) is 143. The second-order valence-electron chi connectivity index (χ2n) is 44.5. The van der Waals surface area contributed by atoms with E-state index in [1.807, 2.05) is 0 Å². The third-order valence-electron chi connectivity index (χ3n) is 31.4. The molecule has 0 amide bonds. The third-order valence-corrected chi connectivity index (χ3v) is 31.4. The Morgan fingerprint density at radius 2 is 0.309 bits per heavy atom. The lowest BCUT2D eigenvalue weighted by Crippen LogP contribution is -2.09. The molecule has 0 saturated heterocycles. The molecule has 0 aliphatic heterocycles. The smallest absolute Gasteiger partial charge is 0.232 e. The first kappa shape index (κ1) is 125. The van der Waals surface area contributed by atoms with E-state index in [2.05, 4.69) is 108 Å². The number of aromatic nitrogens is 3. The topological polar surface area (TPSA) is 62.7 Å². The Bertz CT molecular complexity index is 2830. The first-order valence-corrected chi connectivity index (χ1v) is 63.1. The van der Waals surface area contributed by atoms with E-state index in [1.54, 1.807) is 33.4 Å². The van der Waals surface area contributed by atoms with Crippen LogP contribution in [0.15, 0.2) is 48.5 Å². The summed E-state index contributed by atoms with van der Waals surface area (Å²) in [5, 5.41) is 8.09. The van der Waals surface area contributed by atoms with Crippen LogP contribution in [0.1, 0.15) is 704 Å². The molecular formula is C131H237N5. The standard InChI is InChI=1S/C131H237N5/c1-8-15-21-27-33-39-45-51-57-63-69-75-81-87-93-99-105-121-115-125(116-122(106-100-94-88-82-76-70-64-58-52-46-40-34-28-22-16-9-2)127(121)109-103-97-91-85-79-73-67-61-55-49-43-37-31-25-19-12-5)132-130-134-129(120-113-111-119(14-7)112-114-120)135-131(136-130)133-126-117-123(107-101-95-89-83-77-71-65-59-53-47-41-35-29-23-17-10-3)128(110-104-98-92-86-80-74-68-62-56-50-44-38-32-26-20-13-6)124(118-126)108-102-96-90-84-78-72-66-60-54-48-42-36-30-24-18-11-4/h111-118H,8-110H2,1-7H3,(H2,132,133,134,135,136). The Hall–Kier alpha value is -3.73. The third kappa shape index (κ3) is 73.4. The van der Waals surface area contributed by atoms with E-state index in [-0.39, 0.29) is 0 Å². The monoisotopic (exact) mass is 1880 g/mol. The second kappa shape index (κ2) is 97.4. The molecule has 0 fully saturated rings. The maximum absolute atomic E-state index is 5.54. The number of hydrogen-bond donors (Lipinski definition) is 2. The Labute approximate surface area is 852 Å². The number of benzene rings is 3. The SMILES string of the molecule is CCCCCCCCCCCCCCCCCCc1cc(Nc2nc(Nc3cc(CCCCCCCCCCCCCCCCCC)c(CCCCCCCCCCCCCCCCCC)c(CCCCCCCCCCCCCCCCCC)c3)nc(-c3ccc(CC)cc3)n2)cc(CCCCCCCCCCCCCCCCCC)c1CCCCCCCCCCCCCCCCCC. The van der Waals surface area contributed by atoms with E-state index in [9.17, 15) is 0 Å². The van der Waals surface area contributed by atoms with Crippen molar-refractivity contribution in [1.82, 2.24) is 15.0 Å². The normalized spacial score (nSPS) is 11.7. The van der Waals surface area contributed by atoms with Gasteiger partial charge < -0.3 is 10.6 Å². The van der Waals surface area contributed by atoms with Gasteiger partial charge in [-0.25, -0.2) is 0 Å². The molecule has 5 heteroatoms. The van der Waals surface area contributed by atoms with Crippen LogP contribution < -0.4 is 10.6 Å². The van der Waals surface area contributed by atoms with E-state index in [0.717, 1.165) is 43.5 Å². The molecule has 0 atom stereocenters. The van der Waals surface area contributed by atoms with E-state index in [0.29, 0.717) is 11.9 Å². The fraction of sp³-hybridized carbons (Fsp3) is 0.840. The van der Waals surface area contributed by atoms with Gasteiger partial charge in [0.2, 0.25) is 11.9 Å². The maximum atomic E-state index is 5.54. The Morgan fingerprint density at radius 1 is 0.162 bits per heavy atom. The Kier molecular flexibility index (Phi) is 89.2. The van der Waals surface area contributed by atoms with Crippen LogP contribution in [-0.2, 0) is 44.9 Å². The van der Waals surface area contributed by atoms with Crippen molar-refractivity contribution in [1.29, 1.82) is 0 Å². The lowest BCUT2D eigenvalue weighted by Gasteiger charge is -2.20. The van der Waals surface area contributed by atoms with Gasteiger partial charge in [-0.05, 0) is 147 Å². The highest BCUT2D eigenvalue weighted by atomic mass is 15.2. The van der Waals surface area contributed by atoms with Crippen LogP contribution in [0.25, 0.3) is 11.4 Å². The molecule has 3 aromatic carbocycles. The van der Waals surface area contributed by atoms with Crippen molar-refractivity contribution >= 4 is 23.3 Å². The number of hydrogen-bond acceptors (Lipinski definition) is 5. The van der Waals surface area contributed by atoms with Crippen molar-refractivity contribution in [2.24, 2.45) is 0 Å². The summed E-state index contributed by atoms with van der Waals surface area (Å²) in [4.78, 5) is 16.5. The van der Waals surface area contributed by atoms with Crippen molar-refractivity contribution in [3.05, 3.63) is 87.5 Å². The average Bonchev–Trinajstić information content (AvgIpc) is 0.802. The molecule has 1 heterocycles. The molecule has 0 aliphatic rings. The minimum Gasteiger partial charge on any atom is -0.324 e. The number of aryl methyl sites for hydroxylation is 5. The summed E-state index contributed by atoms with van der Waals surface area (Å²) < 4.78 is 0. The molecule has 0 aliphatic carbocycles. The van der Waals surface area contributed by atoms with Gasteiger partial charge in [-0.15, -0.1) is 0 Å². The molecule has 136 heavy (non-hydrogen) atoms. The summed E-state index contributed by atoms with van der Waals surface area (Å²) in [6, 6.07) is 19.5. The molecule has 0 unspecified atom stereocenters. The number of anilines is 4. The first-order valence-electron chi connectivity index (χ1n) is 63.1. The van der Waals surface area contributed by atoms with Crippen LogP contribution in [-0.4, -0.2) is 15.0 Å². The Morgan fingerprint density at radius 3 is 0.463 bits per heavy atom. The van der Waals surface area contributed by atoms with Gasteiger partial charge in [-0.3, -0.25) is 0 Å². The van der Waals surface area contributed by atoms with Gasteiger partial charge in [0.1, 0.15) is 0 Å². The van der Waals surface area contributed by atoms with Crippen LogP contribution in [0.5, 0.6) is 0 Å². The van der Waals surface area contributed by atoms with Crippen LogP contribution in [0.2, 0.25) is 0 Å². The second-order valence-corrected chi connectivity index (χ2v) is 44.5. The van der Waals surface area contributed by atoms with Crippen molar-refractivity contribution in [2.75, 3.05) is 10.6 Å². The van der Waals surface area contributed by atoms with Crippen molar-refractivity contribution in [2.45, 2.75) is 710 Å². The minimum absolute atomic E-state index is 0.654. The van der Waals surface area contributed by atoms with E-state index in [4.69, 9.17) is 15.0 Å².